The monoisotopic (exact) mass is 150 g/mol. The predicted octanol–water partition coefficient (Wildman–Crippen LogP) is 2.04. The molecule has 0 aromatic carbocycles. The van der Waals surface area contributed by atoms with Gasteiger partial charge in [-0.25, -0.2) is 0 Å². The molecule has 0 amide bonds. The van der Waals surface area contributed by atoms with Crippen LogP contribution in [0.15, 0.2) is 16.7 Å². The highest BCUT2D eigenvalue weighted by Gasteiger charge is 2.22. The molecule has 2 heteroatoms. The van der Waals surface area contributed by atoms with Gasteiger partial charge < -0.3 is 4.42 Å². The van der Waals surface area contributed by atoms with Crippen LogP contribution in [0.25, 0.3) is 0 Å². The molecule has 0 unspecified atom stereocenters. The third kappa shape index (κ3) is 1.50. The van der Waals surface area contributed by atoms with Crippen LogP contribution in [0.2, 0.25) is 0 Å². The highest BCUT2D eigenvalue weighted by atomic mass is 16.3. The molecular weight excluding hydrogens is 140 g/mol. The van der Waals surface area contributed by atoms with E-state index in [1.54, 1.807) is 0 Å². The Labute approximate surface area is 65.2 Å². The first-order valence-electron chi connectivity index (χ1n) is 3.91. The Bertz CT molecular complexity index is 258. The molecule has 1 aliphatic rings. The van der Waals surface area contributed by atoms with Gasteiger partial charge in [-0.05, 0) is 24.8 Å². The van der Waals surface area contributed by atoms with Crippen LogP contribution in [-0.2, 0) is 6.42 Å². The molecule has 1 aromatic rings. The van der Waals surface area contributed by atoms with Gasteiger partial charge in [0.25, 0.3) is 0 Å². The van der Waals surface area contributed by atoms with Gasteiger partial charge in [0.1, 0.15) is 12.0 Å². The zero-order valence-corrected chi connectivity index (χ0v) is 6.25. The number of carbonyl (C=O) groups is 1. The molecule has 1 heterocycles. The first-order valence-corrected chi connectivity index (χ1v) is 3.91. The van der Waals surface area contributed by atoms with Crippen molar-refractivity contribution in [1.82, 2.24) is 0 Å². The maximum Gasteiger partial charge on any atom is 0.153 e. The van der Waals surface area contributed by atoms with Crippen LogP contribution in [0.1, 0.15) is 29.0 Å². The number of hydrogen-bond donors (Lipinski definition) is 0. The molecule has 0 saturated heterocycles. The summed E-state index contributed by atoms with van der Waals surface area (Å²) in [5, 5.41) is 0. The fraction of sp³-hybridized carbons (Fsp3) is 0.444. The van der Waals surface area contributed by atoms with E-state index < -0.39 is 0 Å². The lowest BCUT2D eigenvalue weighted by molar-refractivity contribution is 0.112. The molecule has 11 heavy (non-hydrogen) atoms. The number of aldehydes is 1. The third-order valence-corrected chi connectivity index (χ3v) is 2.00. The van der Waals surface area contributed by atoms with E-state index in [0.29, 0.717) is 5.56 Å². The van der Waals surface area contributed by atoms with Crippen molar-refractivity contribution in [2.75, 3.05) is 0 Å². The standard InChI is InChI=1S/C9H10O2/c10-5-8-4-9(11-6-8)3-7-1-2-7/h4-7H,1-3H2. The average molecular weight is 150 g/mol. The molecule has 58 valence electrons. The SMILES string of the molecule is O=Cc1coc(CC2CC2)c1. The van der Waals surface area contributed by atoms with Gasteiger partial charge >= 0.3 is 0 Å². The number of hydrogen-bond acceptors (Lipinski definition) is 2. The van der Waals surface area contributed by atoms with Crippen molar-refractivity contribution in [3.05, 3.63) is 23.7 Å². The second-order valence-electron chi connectivity index (χ2n) is 3.11. The van der Waals surface area contributed by atoms with Crippen LogP contribution in [0, 0.1) is 5.92 Å². The summed E-state index contributed by atoms with van der Waals surface area (Å²) >= 11 is 0. The lowest BCUT2D eigenvalue weighted by atomic mass is 10.2. The van der Waals surface area contributed by atoms with Crippen LogP contribution >= 0.6 is 0 Å². The molecule has 1 aliphatic carbocycles. The molecule has 1 fully saturated rings. The maximum atomic E-state index is 10.3. The van der Waals surface area contributed by atoms with Crippen molar-refractivity contribution in [2.24, 2.45) is 5.92 Å². The fourth-order valence-corrected chi connectivity index (χ4v) is 1.17. The molecule has 0 aliphatic heterocycles. The summed E-state index contributed by atoms with van der Waals surface area (Å²) in [5.74, 6) is 1.77. The molecule has 0 N–H and O–H groups in total. The fourth-order valence-electron chi connectivity index (χ4n) is 1.17. The minimum absolute atomic E-state index is 0.653. The van der Waals surface area contributed by atoms with E-state index in [4.69, 9.17) is 4.42 Å². The Morgan fingerprint density at radius 3 is 3.00 bits per heavy atom. The van der Waals surface area contributed by atoms with E-state index >= 15 is 0 Å². The Morgan fingerprint density at radius 2 is 2.45 bits per heavy atom. The van der Waals surface area contributed by atoms with E-state index in [9.17, 15) is 4.79 Å². The minimum atomic E-state index is 0.653. The van der Waals surface area contributed by atoms with E-state index in [1.165, 1.54) is 19.1 Å². The highest BCUT2D eigenvalue weighted by Crippen LogP contribution is 2.32. The van der Waals surface area contributed by atoms with Crippen molar-refractivity contribution >= 4 is 6.29 Å². The molecule has 0 radical (unpaired) electrons. The second kappa shape index (κ2) is 2.53. The Hall–Kier alpha value is -1.05. The van der Waals surface area contributed by atoms with Crippen molar-refractivity contribution < 1.29 is 9.21 Å². The largest absolute Gasteiger partial charge is 0.469 e. The quantitative estimate of drug-likeness (QED) is 0.617. The molecule has 2 nitrogen and oxygen atoms in total. The van der Waals surface area contributed by atoms with Gasteiger partial charge in [-0.15, -0.1) is 0 Å². The van der Waals surface area contributed by atoms with Crippen LogP contribution in [0.3, 0.4) is 0 Å². The van der Waals surface area contributed by atoms with Crippen molar-refractivity contribution in [1.29, 1.82) is 0 Å². The maximum absolute atomic E-state index is 10.3. The third-order valence-electron chi connectivity index (χ3n) is 2.00. The van der Waals surface area contributed by atoms with E-state index in [1.807, 2.05) is 6.07 Å². The number of rotatable bonds is 3. The lowest BCUT2D eigenvalue weighted by Gasteiger charge is -1.88. The molecule has 0 bridgehead atoms. The van der Waals surface area contributed by atoms with Crippen LogP contribution in [-0.4, -0.2) is 6.29 Å². The Balaban J connectivity index is 2.05. The summed E-state index contributed by atoms with van der Waals surface area (Å²) in [6.45, 7) is 0. The van der Waals surface area contributed by atoms with Gasteiger partial charge in [0.05, 0.1) is 5.56 Å². The predicted molar refractivity (Wildman–Crippen MR) is 40.5 cm³/mol. The summed E-state index contributed by atoms with van der Waals surface area (Å²) in [6.07, 6.45) is 5.98. The van der Waals surface area contributed by atoms with E-state index in [2.05, 4.69) is 0 Å². The number of furan rings is 1. The van der Waals surface area contributed by atoms with Crippen LogP contribution in [0.5, 0.6) is 0 Å². The molecule has 1 aromatic heterocycles. The summed E-state index contributed by atoms with van der Waals surface area (Å²) in [4.78, 5) is 10.3. The van der Waals surface area contributed by atoms with Crippen LogP contribution < -0.4 is 0 Å². The molecule has 0 atom stereocenters. The summed E-state index contributed by atoms with van der Waals surface area (Å²) in [6, 6.07) is 1.82. The van der Waals surface area contributed by atoms with E-state index in [-0.39, 0.29) is 0 Å². The smallest absolute Gasteiger partial charge is 0.153 e. The molecule has 0 spiro atoms. The van der Waals surface area contributed by atoms with Crippen molar-refractivity contribution in [3.8, 4) is 0 Å². The Kier molecular flexibility index (Phi) is 1.53. The zero-order valence-electron chi connectivity index (χ0n) is 6.25. The first-order chi connectivity index (χ1) is 5.38. The van der Waals surface area contributed by atoms with Gasteiger partial charge in [-0.1, -0.05) is 0 Å². The Morgan fingerprint density at radius 1 is 1.64 bits per heavy atom. The molecule has 1 saturated carbocycles. The molecular formula is C9H10O2. The second-order valence-corrected chi connectivity index (χ2v) is 3.11. The summed E-state index contributed by atoms with van der Waals surface area (Å²) < 4.78 is 5.18. The number of carbonyl (C=O) groups excluding carboxylic acids is 1. The molecule has 2 rings (SSSR count). The van der Waals surface area contributed by atoms with Crippen molar-refractivity contribution in [2.45, 2.75) is 19.3 Å². The highest BCUT2D eigenvalue weighted by molar-refractivity contribution is 5.74. The normalized spacial score (nSPS) is 16.7. The first kappa shape index (κ1) is 6.65. The average Bonchev–Trinajstić information content (AvgIpc) is 2.68. The van der Waals surface area contributed by atoms with Gasteiger partial charge in [0.2, 0.25) is 0 Å². The zero-order chi connectivity index (χ0) is 7.68. The van der Waals surface area contributed by atoms with E-state index in [0.717, 1.165) is 24.4 Å². The lowest BCUT2D eigenvalue weighted by Crippen LogP contribution is -1.81. The summed E-state index contributed by atoms with van der Waals surface area (Å²) in [7, 11) is 0. The van der Waals surface area contributed by atoms with Gasteiger partial charge in [-0.3, -0.25) is 4.79 Å². The van der Waals surface area contributed by atoms with Crippen molar-refractivity contribution in [3.63, 3.8) is 0 Å². The topological polar surface area (TPSA) is 30.2 Å². The van der Waals surface area contributed by atoms with Gasteiger partial charge in [0, 0.05) is 6.42 Å². The minimum Gasteiger partial charge on any atom is -0.469 e. The van der Waals surface area contributed by atoms with Gasteiger partial charge in [0.15, 0.2) is 6.29 Å². The van der Waals surface area contributed by atoms with Crippen LogP contribution in [0.4, 0.5) is 0 Å². The summed E-state index contributed by atoms with van der Waals surface area (Å²) in [5.41, 5.74) is 0.653. The van der Waals surface area contributed by atoms with Gasteiger partial charge in [-0.2, -0.15) is 0 Å².